The number of fused-ring (bicyclic) bond motifs is 1. The predicted octanol–water partition coefficient (Wildman–Crippen LogP) is 2.97. The fourth-order valence-corrected chi connectivity index (χ4v) is 4.08. The summed E-state index contributed by atoms with van der Waals surface area (Å²) < 4.78 is 12.0. The van der Waals surface area contributed by atoms with Gasteiger partial charge >= 0.3 is 11.8 Å². The van der Waals surface area contributed by atoms with Gasteiger partial charge in [0.1, 0.15) is 17.5 Å². The van der Waals surface area contributed by atoms with Crippen molar-refractivity contribution >= 4 is 33.4 Å². The van der Waals surface area contributed by atoms with Gasteiger partial charge in [-0.25, -0.2) is 4.79 Å². The van der Waals surface area contributed by atoms with Crippen molar-refractivity contribution in [3.8, 4) is 0 Å². The molecular weight excluding hydrogens is 420 g/mol. The first-order valence-corrected chi connectivity index (χ1v) is 9.61. The van der Waals surface area contributed by atoms with E-state index >= 15 is 0 Å². The number of hydrogen-bond donors (Lipinski definition) is 0. The zero-order valence-corrected chi connectivity index (χ0v) is 17.1. The molecule has 1 aromatic rings. The Morgan fingerprint density at radius 3 is 2.81 bits per heavy atom. The minimum Gasteiger partial charge on any atom is -0.444 e. The molecule has 2 aliphatic rings. The van der Waals surface area contributed by atoms with Crippen LogP contribution in [0.15, 0.2) is 16.9 Å². The van der Waals surface area contributed by atoms with Crippen LogP contribution in [0, 0.1) is 10.1 Å². The van der Waals surface area contributed by atoms with Gasteiger partial charge in [-0.1, -0.05) is 0 Å². The van der Waals surface area contributed by atoms with Gasteiger partial charge in [0.2, 0.25) is 0 Å². The number of carbonyl (C=O) groups is 1. The number of halogens is 1. The van der Waals surface area contributed by atoms with Crippen molar-refractivity contribution in [2.45, 2.75) is 44.9 Å². The number of amides is 1. The third-order valence-corrected chi connectivity index (χ3v) is 5.16. The SMILES string of the molecule is CC(C)(C)OC(=O)N1CCO[C@H]2CN(c3c(Br)cncc3[N+](=O)[O-])CC[C@@H]21. The molecule has 0 N–H and O–H groups in total. The number of carbonyl (C=O) groups excluding carboxylic acids is 1. The van der Waals surface area contributed by atoms with Crippen LogP contribution in [-0.4, -0.2) is 64.9 Å². The lowest BCUT2D eigenvalue weighted by atomic mass is 9.98. The number of anilines is 1. The van der Waals surface area contributed by atoms with Crippen molar-refractivity contribution in [2.24, 2.45) is 0 Å². The van der Waals surface area contributed by atoms with Gasteiger partial charge in [-0.3, -0.25) is 15.1 Å². The van der Waals surface area contributed by atoms with Crippen LogP contribution >= 0.6 is 15.9 Å². The summed E-state index contributed by atoms with van der Waals surface area (Å²) in [7, 11) is 0. The van der Waals surface area contributed by atoms with Crippen molar-refractivity contribution in [3.05, 3.63) is 27.0 Å². The van der Waals surface area contributed by atoms with Crippen LogP contribution in [0.3, 0.4) is 0 Å². The molecule has 3 heterocycles. The highest BCUT2D eigenvalue weighted by Crippen LogP contribution is 2.37. The van der Waals surface area contributed by atoms with Crippen LogP contribution < -0.4 is 4.90 Å². The molecule has 0 unspecified atom stereocenters. The Balaban J connectivity index is 1.78. The second-order valence-corrected chi connectivity index (χ2v) is 8.49. The molecule has 1 aromatic heterocycles. The summed E-state index contributed by atoms with van der Waals surface area (Å²) in [5.41, 5.74) is -0.122. The number of rotatable bonds is 2. The maximum absolute atomic E-state index is 12.5. The van der Waals surface area contributed by atoms with E-state index in [1.165, 1.54) is 6.20 Å². The number of aromatic nitrogens is 1. The van der Waals surface area contributed by atoms with Gasteiger partial charge in [-0.15, -0.1) is 0 Å². The van der Waals surface area contributed by atoms with Crippen molar-refractivity contribution in [1.82, 2.24) is 9.88 Å². The van der Waals surface area contributed by atoms with E-state index in [0.29, 0.717) is 42.8 Å². The van der Waals surface area contributed by atoms with E-state index in [2.05, 4.69) is 20.9 Å². The highest BCUT2D eigenvalue weighted by Gasteiger charge is 2.42. The van der Waals surface area contributed by atoms with E-state index in [-0.39, 0.29) is 23.9 Å². The molecule has 2 aliphatic heterocycles. The lowest BCUT2D eigenvalue weighted by Crippen LogP contribution is -2.61. The molecule has 0 bridgehead atoms. The van der Waals surface area contributed by atoms with Gasteiger partial charge in [0.05, 0.1) is 28.1 Å². The van der Waals surface area contributed by atoms with Crippen LogP contribution in [0.25, 0.3) is 0 Å². The second kappa shape index (κ2) is 7.59. The average molecular weight is 443 g/mol. The maximum Gasteiger partial charge on any atom is 0.410 e. The number of ether oxygens (including phenoxy) is 2. The lowest BCUT2D eigenvalue weighted by molar-refractivity contribution is -0.384. The molecule has 0 radical (unpaired) electrons. The number of hydrogen-bond acceptors (Lipinski definition) is 7. The van der Waals surface area contributed by atoms with Gasteiger partial charge < -0.3 is 19.3 Å². The Bertz CT molecular complexity index is 739. The summed E-state index contributed by atoms with van der Waals surface area (Å²) in [5.74, 6) is 0. The van der Waals surface area contributed by atoms with E-state index < -0.39 is 10.5 Å². The van der Waals surface area contributed by atoms with E-state index in [4.69, 9.17) is 9.47 Å². The van der Waals surface area contributed by atoms with Crippen molar-refractivity contribution in [3.63, 3.8) is 0 Å². The Kier molecular flexibility index (Phi) is 5.57. The Morgan fingerprint density at radius 2 is 2.15 bits per heavy atom. The molecule has 27 heavy (non-hydrogen) atoms. The van der Waals surface area contributed by atoms with Crippen molar-refractivity contribution < 1.29 is 19.2 Å². The number of nitro groups is 1. The first-order valence-electron chi connectivity index (χ1n) is 8.81. The molecule has 2 saturated heterocycles. The normalized spacial score (nSPS) is 23.0. The van der Waals surface area contributed by atoms with Crippen LogP contribution in [0.1, 0.15) is 27.2 Å². The molecule has 0 aliphatic carbocycles. The molecule has 9 nitrogen and oxygen atoms in total. The quantitative estimate of drug-likeness (QED) is 0.512. The zero-order valence-electron chi connectivity index (χ0n) is 15.6. The van der Waals surface area contributed by atoms with Crippen molar-refractivity contribution in [1.29, 1.82) is 0 Å². The molecule has 2 fully saturated rings. The molecule has 0 aromatic carbocycles. The Morgan fingerprint density at radius 1 is 1.41 bits per heavy atom. The van der Waals surface area contributed by atoms with E-state index in [0.717, 1.165) is 0 Å². The van der Waals surface area contributed by atoms with Gasteiger partial charge in [-0.2, -0.15) is 0 Å². The Hall–Kier alpha value is -1.94. The fourth-order valence-electron chi connectivity index (χ4n) is 3.51. The summed E-state index contributed by atoms with van der Waals surface area (Å²) in [6.07, 6.45) is 2.85. The molecular formula is C17H23BrN4O5. The van der Waals surface area contributed by atoms with E-state index in [9.17, 15) is 14.9 Å². The highest BCUT2D eigenvalue weighted by molar-refractivity contribution is 9.10. The zero-order chi connectivity index (χ0) is 19.8. The number of nitrogens with zero attached hydrogens (tertiary/aromatic N) is 4. The second-order valence-electron chi connectivity index (χ2n) is 7.63. The van der Waals surface area contributed by atoms with Gasteiger partial charge in [0.25, 0.3) is 0 Å². The third-order valence-electron chi connectivity index (χ3n) is 4.58. The van der Waals surface area contributed by atoms with Gasteiger partial charge in [0, 0.05) is 25.8 Å². The average Bonchev–Trinajstić information content (AvgIpc) is 2.59. The molecule has 0 spiro atoms. The molecule has 3 rings (SSSR count). The highest BCUT2D eigenvalue weighted by atomic mass is 79.9. The summed E-state index contributed by atoms with van der Waals surface area (Å²) in [6, 6.07) is -0.107. The van der Waals surface area contributed by atoms with Gasteiger partial charge in [0.15, 0.2) is 0 Å². The number of pyridine rings is 1. The summed E-state index contributed by atoms with van der Waals surface area (Å²) in [5, 5.41) is 11.4. The monoisotopic (exact) mass is 442 g/mol. The summed E-state index contributed by atoms with van der Waals surface area (Å²) in [6.45, 7) is 7.42. The van der Waals surface area contributed by atoms with E-state index in [1.807, 2.05) is 25.7 Å². The molecule has 148 valence electrons. The first kappa shape index (κ1) is 19.8. The van der Waals surface area contributed by atoms with Crippen LogP contribution in [0.5, 0.6) is 0 Å². The predicted molar refractivity (Wildman–Crippen MR) is 102 cm³/mol. The van der Waals surface area contributed by atoms with Crippen molar-refractivity contribution in [2.75, 3.05) is 31.1 Å². The minimum absolute atomic E-state index is 0.0531. The maximum atomic E-state index is 12.5. The standard InChI is InChI=1S/C17H23BrN4O5/c1-17(2,3)27-16(23)21-6-7-26-14-10-20(5-4-12(14)21)15-11(18)8-19-9-13(15)22(24)25/h8-9,12,14H,4-7,10H2,1-3H3/t12-,14-/m0/s1. The van der Waals surface area contributed by atoms with Crippen LogP contribution in [-0.2, 0) is 9.47 Å². The van der Waals surface area contributed by atoms with Crippen LogP contribution in [0.2, 0.25) is 0 Å². The number of morpholine rings is 1. The smallest absolute Gasteiger partial charge is 0.410 e. The number of piperidine rings is 1. The van der Waals surface area contributed by atoms with E-state index in [1.54, 1.807) is 11.1 Å². The Labute approximate surface area is 165 Å². The third kappa shape index (κ3) is 4.32. The van der Waals surface area contributed by atoms with Gasteiger partial charge in [-0.05, 0) is 43.1 Å². The summed E-state index contributed by atoms with van der Waals surface area (Å²) >= 11 is 3.37. The summed E-state index contributed by atoms with van der Waals surface area (Å²) in [4.78, 5) is 31.0. The molecule has 2 atom stereocenters. The van der Waals surface area contributed by atoms with Crippen LogP contribution in [0.4, 0.5) is 16.2 Å². The topological polar surface area (TPSA) is 98.0 Å². The largest absolute Gasteiger partial charge is 0.444 e. The molecule has 1 amide bonds. The fraction of sp³-hybridized carbons (Fsp3) is 0.647. The minimum atomic E-state index is -0.561. The first-order chi connectivity index (χ1) is 12.7. The lowest BCUT2D eigenvalue weighted by Gasteiger charge is -2.47. The molecule has 10 heteroatoms. The molecule has 0 saturated carbocycles.